The molecule has 2 rings (SSSR count). The lowest BCUT2D eigenvalue weighted by atomic mass is 10.0. The number of hydrogen-bond acceptors (Lipinski definition) is 4. The Labute approximate surface area is 143 Å². The number of carbonyl (C=O) groups is 1. The maximum atomic E-state index is 12.1. The summed E-state index contributed by atoms with van der Waals surface area (Å²) in [5.74, 6) is 0.480. The molecule has 23 heavy (non-hydrogen) atoms. The number of rotatable bonds is 6. The van der Waals surface area contributed by atoms with E-state index in [0.29, 0.717) is 18.5 Å². The summed E-state index contributed by atoms with van der Waals surface area (Å²) in [5, 5.41) is 5.92. The number of carbonyl (C=O) groups excluding carboxylic acids is 1. The Morgan fingerprint density at radius 1 is 1.35 bits per heavy atom. The van der Waals surface area contributed by atoms with Gasteiger partial charge in [0.25, 0.3) is 0 Å². The molecule has 1 heterocycles. The molecule has 0 radical (unpaired) electrons. The van der Waals surface area contributed by atoms with E-state index in [1.807, 2.05) is 30.5 Å². The maximum absolute atomic E-state index is 12.1. The van der Waals surface area contributed by atoms with Gasteiger partial charge in [-0.25, -0.2) is 4.79 Å². The van der Waals surface area contributed by atoms with Gasteiger partial charge in [-0.15, -0.1) is 11.8 Å². The molecule has 2 amide bonds. The number of hydrogen-bond donors (Lipinski definition) is 2. The topological polar surface area (TPSA) is 53.6 Å². The number of benzene rings is 1. The predicted molar refractivity (Wildman–Crippen MR) is 96.3 cm³/mol. The van der Waals surface area contributed by atoms with Gasteiger partial charge in [0.1, 0.15) is 0 Å². The van der Waals surface area contributed by atoms with Crippen molar-refractivity contribution in [2.45, 2.75) is 24.8 Å². The van der Waals surface area contributed by atoms with Gasteiger partial charge in [-0.05, 0) is 30.4 Å². The minimum atomic E-state index is -0.151. The van der Waals surface area contributed by atoms with Crippen molar-refractivity contribution < 1.29 is 9.53 Å². The van der Waals surface area contributed by atoms with Crippen LogP contribution in [-0.4, -0.2) is 56.1 Å². The minimum Gasteiger partial charge on any atom is -0.379 e. The van der Waals surface area contributed by atoms with Gasteiger partial charge in [0.2, 0.25) is 0 Å². The van der Waals surface area contributed by atoms with Crippen molar-refractivity contribution in [3.63, 3.8) is 0 Å². The fourth-order valence-corrected chi connectivity index (χ4v) is 3.23. The molecule has 1 aromatic carbocycles. The molecule has 128 valence electrons. The van der Waals surface area contributed by atoms with Gasteiger partial charge in [-0.3, -0.25) is 4.90 Å². The summed E-state index contributed by atoms with van der Waals surface area (Å²) in [4.78, 5) is 15.7. The van der Waals surface area contributed by atoms with Crippen LogP contribution >= 0.6 is 11.8 Å². The van der Waals surface area contributed by atoms with Gasteiger partial charge < -0.3 is 15.4 Å². The zero-order valence-electron chi connectivity index (χ0n) is 14.2. The van der Waals surface area contributed by atoms with Crippen molar-refractivity contribution >= 4 is 23.5 Å². The van der Waals surface area contributed by atoms with Crippen LogP contribution in [0.3, 0.4) is 0 Å². The average Bonchev–Trinajstić information content (AvgIpc) is 2.56. The lowest BCUT2D eigenvalue weighted by Gasteiger charge is -2.36. The Morgan fingerprint density at radius 3 is 2.74 bits per heavy atom. The molecule has 0 aliphatic carbocycles. The Kier molecular flexibility index (Phi) is 7.20. The molecule has 1 fully saturated rings. The fourth-order valence-electron chi connectivity index (χ4n) is 2.77. The first kappa shape index (κ1) is 18.1. The van der Waals surface area contributed by atoms with E-state index in [9.17, 15) is 4.79 Å². The van der Waals surface area contributed by atoms with Crippen molar-refractivity contribution in [3.05, 3.63) is 24.3 Å². The van der Waals surface area contributed by atoms with Crippen LogP contribution in [0.2, 0.25) is 0 Å². The number of morpholine rings is 1. The highest BCUT2D eigenvalue weighted by Crippen LogP contribution is 2.19. The van der Waals surface area contributed by atoms with Crippen LogP contribution in [0, 0.1) is 5.92 Å². The molecule has 0 aromatic heterocycles. The van der Waals surface area contributed by atoms with Crippen molar-refractivity contribution in [2.75, 3.05) is 44.4 Å². The smallest absolute Gasteiger partial charge is 0.319 e. The molecule has 6 heteroatoms. The third kappa shape index (κ3) is 5.71. The monoisotopic (exact) mass is 337 g/mol. The van der Waals surface area contributed by atoms with Crippen LogP contribution in [0.1, 0.15) is 13.8 Å². The molecule has 5 nitrogen and oxygen atoms in total. The molecule has 1 unspecified atom stereocenters. The molecule has 1 aliphatic rings. The van der Waals surface area contributed by atoms with Crippen molar-refractivity contribution in [1.82, 2.24) is 10.2 Å². The van der Waals surface area contributed by atoms with E-state index >= 15 is 0 Å². The zero-order chi connectivity index (χ0) is 16.7. The first-order valence-electron chi connectivity index (χ1n) is 8.11. The summed E-state index contributed by atoms with van der Waals surface area (Å²) in [6.07, 6.45) is 2.02. The number of thioether (sulfide) groups is 1. The second-order valence-electron chi connectivity index (χ2n) is 6.03. The highest BCUT2D eigenvalue weighted by molar-refractivity contribution is 7.98. The molecule has 1 aliphatic heterocycles. The second kappa shape index (κ2) is 9.15. The van der Waals surface area contributed by atoms with Crippen LogP contribution in [-0.2, 0) is 4.74 Å². The molecule has 1 aromatic rings. The number of nitrogens with one attached hydrogen (secondary N) is 2. The Morgan fingerprint density at radius 2 is 2.09 bits per heavy atom. The second-order valence-corrected chi connectivity index (χ2v) is 6.91. The van der Waals surface area contributed by atoms with Crippen LogP contribution in [0.5, 0.6) is 0 Å². The normalized spacial score (nSPS) is 17.0. The number of amides is 2. The first-order valence-corrected chi connectivity index (χ1v) is 9.33. The number of ether oxygens (including phenoxy) is 1. The first-order chi connectivity index (χ1) is 11.1. The standard InChI is InChI=1S/C17H27N3O2S/c1-13(2)16(20-7-9-22-10-8-20)12-18-17(21)19-14-5-4-6-15(11-14)23-3/h4-6,11,13,16H,7-10,12H2,1-3H3,(H2,18,19,21). The number of nitrogens with zero attached hydrogens (tertiary/aromatic N) is 1. The van der Waals surface area contributed by atoms with Crippen LogP contribution in [0.15, 0.2) is 29.2 Å². The summed E-state index contributed by atoms with van der Waals surface area (Å²) in [5.41, 5.74) is 0.821. The quantitative estimate of drug-likeness (QED) is 0.784. The van der Waals surface area contributed by atoms with E-state index < -0.39 is 0 Å². The molecule has 0 spiro atoms. The SMILES string of the molecule is CSc1cccc(NC(=O)NCC(C(C)C)N2CCOCC2)c1. The Balaban J connectivity index is 1.85. The molecule has 0 bridgehead atoms. The molecule has 0 saturated carbocycles. The van der Waals surface area contributed by atoms with E-state index in [1.54, 1.807) is 11.8 Å². The van der Waals surface area contributed by atoms with E-state index in [-0.39, 0.29) is 6.03 Å². The third-order valence-corrected chi connectivity index (χ3v) is 4.81. The largest absolute Gasteiger partial charge is 0.379 e. The highest BCUT2D eigenvalue weighted by atomic mass is 32.2. The van der Waals surface area contributed by atoms with Gasteiger partial charge in [0.15, 0.2) is 0 Å². The summed E-state index contributed by atoms with van der Waals surface area (Å²) in [7, 11) is 0. The van der Waals surface area contributed by atoms with E-state index in [1.165, 1.54) is 0 Å². The molecule has 2 N–H and O–H groups in total. The van der Waals surface area contributed by atoms with E-state index in [0.717, 1.165) is 36.9 Å². The van der Waals surface area contributed by atoms with Gasteiger partial charge in [0.05, 0.1) is 13.2 Å². The van der Waals surface area contributed by atoms with Gasteiger partial charge in [-0.1, -0.05) is 19.9 Å². The third-order valence-electron chi connectivity index (χ3n) is 4.08. The van der Waals surface area contributed by atoms with Crippen molar-refractivity contribution in [3.8, 4) is 0 Å². The Hall–Kier alpha value is -1.24. The van der Waals surface area contributed by atoms with Crippen LogP contribution in [0.25, 0.3) is 0 Å². The van der Waals surface area contributed by atoms with Gasteiger partial charge in [-0.2, -0.15) is 0 Å². The molecular weight excluding hydrogens is 310 g/mol. The summed E-state index contributed by atoms with van der Waals surface area (Å²) < 4.78 is 5.41. The Bertz CT molecular complexity index is 504. The number of anilines is 1. The lowest BCUT2D eigenvalue weighted by molar-refractivity contribution is 0.00728. The van der Waals surface area contributed by atoms with Gasteiger partial charge in [0, 0.05) is 36.3 Å². The van der Waals surface area contributed by atoms with Crippen LogP contribution in [0.4, 0.5) is 10.5 Å². The summed E-state index contributed by atoms with van der Waals surface area (Å²) in [6, 6.07) is 8.05. The van der Waals surface area contributed by atoms with E-state index in [2.05, 4.69) is 29.4 Å². The van der Waals surface area contributed by atoms with Crippen LogP contribution < -0.4 is 10.6 Å². The minimum absolute atomic E-state index is 0.151. The number of urea groups is 1. The summed E-state index contributed by atoms with van der Waals surface area (Å²) >= 11 is 1.66. The molecule has 1 atom stereocenters. The predicted octanol–water partition coefficient (Wildman–Crippen LogP) is 2.89. The molecule has 1 saturated heterocycles. The lowest BCUT2D eigenvalue weighted by Crippen LogP contribution is -2.51. The maximum Gasteiger partial charge on any atom is 0.319 e. The highest BCUT2D eigenvalue weighted by Gasteiger charge is 2.24. The fraction of sp³-hybridized carbons (Fsp3) is 0.588. The molecular formula is C17H27N3O2S. The van der Waals surface area contributed by atoms with E-state index in [4.69, 9.17) is 4.74 Å². The average molecular weight is 337 g/mol. The zero-order valence-corrected chi connectivity index (χ0v) is 15.0. The van der Waals surface area contributed by atoms with Gasteiger partial charge >= 0.3 is 6.03 Å². The van der Waals surface area contributed by atoms with Crippen molar-refractivity contribution in [1.29, 1.82) is 0 Å². The summed E-state index contributed by atoms with van der Waals surface area (Å²) in [6.45, 7) is 8.45. The van der Waals surface area contributed by atoms with Crippen molar-refractivity contribution in [2.24, 2.45) is 5.92 Å².